The van der Waals surface area contributed by atoms with Crippen LogP contribution in [0.5, 0.6) is 0 Å². The molecule has 0 aliphatic rings. The maximum Gasteiger partial charge on any atom is 0.122 e. The monoisotopic (exact) mass is 163 g/mol. The highest BCUT2D eigenvalue weighted by Crippen LogP contribution is 1.97. The molecule has 0 atom stereocenters. The summed E-state index contributed by atoms with van der Waals surface area (Å²) in [6.07, 6.45) is 8.90. The molecule has 0 radical (unpaired) electrons. The molecule has 0 amide bonds. The predicted octanol–water partition coefficient (Wildman–Crippen LogP) is 0.485. The number of aryl methyl sites for hydroxylation is 1. The Morgan fingerprint density at radius 2 is 2.50 bits per heavy atom. The summed E-state index contributed by atoms with van der Waals surface area (Å²) in [5.41, 5.74) is 0. The number of hydrogen-bond acceptors (Lipinski definition) is 2. The van der Waals surface area contributed by atoms with E-state index in [1.165, 1.54) is 0 Å². The molecular formula is C9H13N3. The number of imidazole rings is 1. The Labute approximate surface area is 73.0 Å². The molecule has 0 bridgehead atoms. The molecule has 0 saturated heterocycles. The summed E-state index contributed by atoms with van der Waals surface area (Å²) >= 11 is 0. The average molecular weight is 163 g/mol. The first kappa shape index (κ1) is 8.82. The number of rotatable bonds is 3. The molecule has 3 heteroatoms. The molecule has 1 rings (SSSR count). The van der Waals surface area contributed by atoms with Gasteiger partial charge in [-0.1, -0.05) is 5.92 Å². The van der Waals surface area contributed by atoms with Crippen molar-refractivity contribution in [1.82, 2.24) is 14.5 Å². The van der Waals surface area contributed by atoms with Crippen LogP contribution in [0.2, 0.25) is 0 Å². The van der Waals surface area contributed by atoms with Crippen LogP contribution in [-0.4, -0.2) is 28.0 Å². The first-order chi connectivity index (χ1) is 5.74. The first-order valence-electron chi connectivity index (χ1n) is 3.82. The topological polar surface area (TPSA) is 21.1 Å². The second-order valence-corrected chi connectivity index (χ2v) is 2.83. The van der Waals surface area contributed by atoms with Gasteiger partial charge in [0.1, 0.15) is 5.82 Å². The first-order valence-corrected chi connectivity index (χ1v) is 3.82. The van der Waals surface area contributed by atoms with Crippen LogP contribution in [0.1, 0.15) is 5.82 Å². The van der Waals surface area contributed by atoms with Gasteiger partial charge in [0.2, 0.25) is 0 Å². The van der Waals surface area contributed by atoms with Gasteiger partial charge in [-0.2, -0.15) is 0 Å². The van der Waals surface area contributed by atoms with E-state index in [9.17, 15) is 0 Å². The molecule has 0 unspecified atom stereocenters. The number of hydrogen-bond donors (Lipinski definition) is 0. The lowest BCUT2D eigenvalue weighted by Crippen LogP contribution is -2.19. The highest BCUT2D eigenvalue weighted by Gasteiger charge is 2.01. The summed E-state index contributed by atoms with van der Waals surface area (Å²) < 4.78 is 1.99. The lowest BCUT2D eigenvalue weighted by Gasteiger charge is -2.12. The Hall–Kier alpha value is -1.27. The van der Waals surface area contributed by atoms with E-state index < -0.39 is 0 Å². The van der Waals surface area contributed by atoms with Crippen LogP contribution in [0, 0.1) is 12.3 Å². The van der Waals surface area contributed by atoms with Crippen LogP contribution in [0.3, 0.4) is 0 Å². The molecule has 1 heterocycles. The second-order valence-electron chi connectivity index (χ2n) is 2.83. The Morgan fingerprint density at radius 3 is 3.00 bits per heavy atom. The highest BCUT2D eigenvalue weighted by molar-refractivity contribution is 4.93. The van der Waals surface area contributed by atoms with E-state index in [0.717, 1.165) is 12.4 Å². The van der Waals surface area contributed by atoms with Gasteiger partial charge in [0.25, 0.3) is 0 Å². The molecule has 1 aromatic rings. The minimum Gasteiger partial charge on any atom is -0.337 e. The molecule has 1 aromatic heterocycles. The van der Waals surface area contributed by atoms with Gasteiger partial charge in [0, 0.05) is 19.4 Å². The van der Waals surface area contributed by atoms with Gasteiger partial charge in [-0.3, -0.25) is 4.90 Å². The number of nitrogens with zero attached hydrogens (tertiary/aromatic N) is 3. The zero-order valence-electron chi connectivity index (χ0n) is 7.49. The molecule has 0 N–H and O–H groups in total. The fourth-order valence-corrected chi connectivity index (χ4v) is 1.00. The number of aromatic nitrogens is 2. The average Bonchev–Trinajstić information content (AvgIpc) is 2.37. The van der Waals surface area contributed by atoms with Crippen molar-refractivity contribution in [2.24, 2.45) is 7.05 Å². The van der Waals surface area contributed by atoms with Crippen molar-refractivity contribution < 1.29 is 0 Å². The van der Waals surface area contributed by atoms with Gasteiger partial charge in [-0.25, -0.2) is 4.98 Å². The summed E-state index contributed by atoms with van der Waals surface area (Å²) in [5, 5.41) is 0. The summed E-state index contributed by atoms with van der Waals surface area (Å²) in [6.45, 7) is 1.46. The van der Waals surface area contributed by atoms with E-state index in [1.54, 1.807) is 6.20 Å². The molecule has 0 spiro atoms. The standard InChI is InChI=1S/C9H13N3/c1-4-6-11(2)8-9-10-5-7-12(9)3/h1,5,7H,6,8H2,2-3H3. The third-order valence-corrected chi connectivity index (χ3v) is 1.69. The van der Waals surface area contributed by atoms with Crippen molar-refractivity contribution in [2.45, 2.75) is 6.54 Å². The van der Waals surface area contributed by atoms with E-state index in [4.69, 9.17) is 6.42 Å². The Bertz CT molecular complexity index is 282. The molecule has 0 aliphatic heterocycles. The summed E-state index contributed by atoms with van der Waals surface area (Å²) in [6, 6.07) is 0. The van der Waals surface area contributed by atoms with Crippen LogP contribution >= 0.6 is 0 Å². The van der Waals surface area contributed by atoms with Gasteiger partial charge in [-0.15, -0.1) is 6.42 Å². The zero-order chi connectivity index (χ0) is 8.97. The largest absolute Gasteiger partial charge is 0.337 e. The normalized spacial score (nSPS) is 10.2. The quantitative estimate of drug-likeness (QED) is 0.604. The van der Waals surface area contributed by atoms with Gasteiger partial charge in [0.15, 0.2) is 0 Å². The minimum absolute atomic E-state index is 0.660. The fraction of sp³-hybridized carbons (Fsp3) is 0.444. The maximum atomic E-state index is 5.18. The van der Waals surface area contributed by atoms with E-state index in [0.29, 0.717) is 6.54 Å². The molecule has 3 nitrogen and oxygen atoms in total. The molecule has 0 saturated carbocycles. The zero-order valence-corrected chi connectivity index (χ0v) is 7.49. The van der Waals surface area contributed by atoms with E-state index >= 15 is 0 Å². The maximum absolute atomic E-state index is 5.18. The van der Waals surface area contributed by atoms with Gasteiger partial charge >= 0.3 is 0 Å². The lowest BCUT2D eigenvalue weighted by atomic mass is 10.5. The molecule has 12 heavy (non-hydrogen) atoms. The van der Waals surface area contributed by atoms with Crippen molar-refractivity contribution in [3.05, 3.63) is 18.2 Å². The second kappa shape index (κ2) is 3.93. The van der Waals surface area contributed by atoms with Crippen molar-refractivity contribution in [3.63, 3.8) is 0 Å². The van der Waals surface area contributed by atoms with Gasteiger partial charge in [-0.05, 0) is 7.05 Å². The molecule has 0 aromatic carbocycles. The summed E-state index contributed by atoms with van der Waals surface area (Å²) in [7, 11) is 3.96. The van der Waals surface area contributed by atoms with Crippen LogP contribution in [0.4, 0.5) is 0 Å². The van der Waals surface area contributed by atoms with Crippen molar-refractivity contribution >= 4 is 0 Å². The molecule has 0 fully saturated rings. The van der Waals surface area contributed by atoms with Crippen LogP contribution in [0.25, 0.3) is 0 Å². The third kappa shape index (κ3) is 2.11. The Morgan fingerprint density at radius 1 is 1.75 bits per heavy atom. The van der Waals surface area contributed by atoms with Crippen LogP contribution < -0.4 is 0 Å². The lowest BCUT2D eigenvalue weighted by molar-refractivity contribution is 0.354. The van der Waals surface area contributed by atoms with E-state index in [1.807, 2.05) is 29.8 Å². The van der Waals surface area contributed by atoms with E-state index in [-0.39, 0.29) is 0 Å². The highest BCUT2D eigenvalue weighted by atomic mass is 15.1. The Balaban J connectivity index is 2.53. The van der Waals surface area contributed by atoms with Gasteiger partial charge in [0.05, 0.1) is 13.1 Å². The predicted molar refractivity (Wildman–Crippen MR) is 48.4 cm³/mol. The van der Waals surface area contributed by atoms with Crippen molar-refractivity contribution in [1.29, 1.82) is 0 Å². The summed E-state index contributed by atoms with van der Waals surface area (Å²) in [5.74, 6) is 3.62. The van der Waals surface area contributed by atoms with E-state index in [2.05, 4.69) is 10.9 Å². The smallest absolute Gasteiger partial charge is 0.122 e. The van der Waals surface area contributed by atoms with Crippen molar-refractivity contribution in [3.8, 4) is 12.3 Å². The van der Waals surface area contributed by atoms with Crippen LogP contribution in [-0.2, 0) is 13.6 Å². The van der Waals surface area contributed by atoms with Gasteiger partial charge < -0.3 is 4.57 Å². The van der Waals surface area contributed by atoms with Crippen molar-refractivity contribution in [2.75, 3.05) is 13.6 Å². The molecule has 0 aliphatic carbocycles. The SMILES string of the molecule is C#CCN(C)Cc1nccn1C. The number of terminal acetylenes is 1. The molecular weight excluding hydrogens is 150 g/mol. The third-order valence-electron chi connectivity index (χ3n) is 1.69. The fourth-order valence-electron chi connectivity index (χ4n) is 1.00. The van der Waals surface area contributed by atoms with Crippen LogP contribution in [0.15, 0.2) is 12.4 Å². The minimum atomic E-state index is 0.660. The Kier molecular flexibility index (Phi) is 2.89. The summed E-state index contributed by atoms with van der Waals surface area (Å²) in [4.78, 5) is 6.23. The molecule has 64 valence electrons.